The second-order valence-corrected chi connectivity index (χ2v) is 7.75. The number of halogens is 1. The van der Waals surface area contributed by atoms with Gasteiger partial charge in [0, 0.05) is 27.2 Å². The highest BCUT2D eigenvalue weighted by atomic mass is 127. The zero-order valence-corrected chi connectivity index (χ0v) is 20.0. The number of benzene rings is 1. The van der Waals surface area contributed by atoms with Crippen molar-refractivity contribution >= 4 is 35.8 Å². The zero-order valence-electron chi connectivity index (χ0n) is 17.6. The van der Waals surface area contributed by atoms with Crippen molar-refractivity contribution in [2.45, 2.75) is 39.0 Å². The highest BCUT2D eigenvalue weighted by Crippen LogP contribution is 2.39. The van der Waals surface area contributed by atoms with Crippen LogP contribution in [0.1, 0.15) is 38.2 Å². The van der Waals surface area contributed by atoms with Crippen molar-refractivity contribution in [1.29, 1.82) is 0 Å². The molecule has 7 nitrogen and oxygen atoms in total. The Morgan fingerprint density at radius 2 is 1.90 bits per heavy atom. The number of guanidine groups is 1. The lowest BCUT2D eigenvalue weighted by molar-refractivity contribution is -0.138. The van der Waals surface area contributed by atoms with Gasteiger partial charge < -0.3 is 25.0 Å². The molecule has 3 rings (SSSR count). The van der Waals surface area contributed by atoms with Crippen LogP contribution in [0, 0.1) is 5.41 Å². The first-order valence-corrected chi connectivity index (χ1v) is 10.2. The van der Waals surface area contributed by atoms with Gasteiger partial charge in [0.25, 0.3) is 0 Å². The van der Waals surface area contributed by atoms with Crippen LogP contribution in [-0.2, 0) is 11.2 Å². The van der Waals surface area contributed by atoms with Crippen LogP contribution in [0.15, 0.2) is 23.2 Å². The van der Waals surface area contributed by atoms with Crippen molar-refractivity contribution in [3.05, 3.63) is 23.8 Å². The first kappa shape index (κ1) is 23.6. The number of hydrogen-bond acceptors (Lipinski definition) is 4. The number of ether oxygens (including phenoxy) is 2. The lowest BCUT2D eigenvalue weighted by Crippen LogP contribution is -2.43. The molecule has 0 saturated heterocycles. The van der Waals surface area contributed by atoms with E-state index in [1.54, 1.807) is 4.90 Å². The van der Waals surface area contributed by atoms with Crippen molar-refractivity contribution < 1.29 is 14.3 Å². The van der Waals surface area contributed by atoms with E-state index in [4.69, 9.17) is 14.5 Å². The molecule has 29 heavy (non-hydrogen) atoms. The largest absolute Gasteiger partial charge is 0.454 e. The van der Waals surface area contributed by atoms with Gasteiger partial charge in [-0.2, -0.15) is 0 Å². The number of carbonyl (C=O) groups excluding carboxylic acids is 1. The quantitative estimate of drug-likeness (QED) is 0.331. The monoisotopic (exact) mass is 516 g/mol. The van der Waals surface area contributed by atoms with Crippen LogP contribution in [0.2, 0.25) is 0 Å². The average Bonchev–Trinajstić information content (AvgIpc) is 3.35. The van der Waals surface area contributed by atoms with E-state index in [9.17, 15) is 4.79 Å². The fraction of sp³-hybridized carbons (Fsp3) is 0.619. The van der Waals surface area contributed by atoms with Gasteiger partial charge in [-0.05, 0) is 43.9 Å². The molecule has 8 heteroatoms. The molecule has 0 unspecified atom stereocenters. The Morgan fingerprint density at radius 3 is 2.59 bits per heavy atom. The fourth-order valence-electron chi connectivity index (χ4n) is 3.96. The summed E-state index contributed by atoms with van der Waals surface area (Å²) in [6.45, 7) is 4.40. The third-order valence-corrected chi connectivity index (χ3v) is 5.45. The Labute approximate surface area is 190 Å². The third-order valence-electron chi connectivity index (χ3n) is 5.45. The normalized spacial score (nSPS) is 16.9. The van der Waals surface area contributed by atoms with E-state index in [0.717, 1.165) is 62.7 Å². The molecule has 0 radical (unpaired) electrons. The Kier molecular flexibility index (Phi) is 8.85. The average molecular weight is 516 g/mol. The third kappa shape index (κ3) is 5.90. The molecule has 1 amide bonds. The van der Waals surface area contributed by atoms with E-state index in [2.05, 4.69) is 16.7 Å². The van der Waals surface area contributed by atoms with Crippen LogP contribution in [0.3, 0.4) is 0 Å². The van der Waals surface area contributed by atoms with Gasteiger partial charge in [-0.15, -0.1) is 24.0 Å². The summed E-state index contributed by atoms with van der Waals surface area (Å²) < 4.78 is 10.8. The summed E-state index contributed by atoms with van der Waals surface area (Å²) in [6, 6.07) is 6.04. The van der Waals surface area contributed by atoms with Gasteiger partial charge in [-0.25, -0.2) is 0 Å². The highest BCUT2D eigenvalue weighted by molar-refractivity contribution is 14.0. The maximum atomic E-state index is 12.7. The minimum atomic E-state index is -0.344. The Morgan fingerprint density at radius 1 is 1.17 bits per heavy atom. The van der Waals surface area contributed by atoms with E-state index >= 15 is 0 Å². The molecule has 162 valence electrons. The van der Waals surface area contributed by atoms with E-state index in [1.165, 1.54) is 5.56 Å². The maximum absolute atomic E-state index is 12.7. The molecule has 1 aliphatic heterocycles. The predicted octanol–water partition coefficient (Wildman–Crippen LogP) is 2.78. The van der Waals surface area contributed by atoms with Gasteiger partial charge in [0.2, 0.25) is 12.7 Å². The van der Waals surface area contributed by atoms with E-state index in [0.29, 0.717) is 13.3 Å². The first-order chi connectivity index (χ1) is 13.5. The molecule has 0 spiro atoms. The van der Waals surface area contributed by atoms with Crippen molar-refractivity contribution in [2.75, 3.05) is 40.5 Å². The van der Waals surface area contributed by atoms with Gasteiger partial charge >= 0.3 is 0 Å². The van der Waals surface area contributed by atoms with E-state index in [1.807, 2.05) is 33.2 Å². The Hall–Kier alpha value is -1.71. The number of hydrogen-bond donors (Lipinski definition) is 2. The van der Waals surface area contributed by atoms with Crippen molar-refractivity contribution in [3.63, 3.8) is 0 Å². The lowest BCUT2D eigenvalue weighted by Gasteiger charge is -2.29. The number of amides is 1. The van der Waals surface area contributed by atoms with Crippen molar-refractivity contribution in [2.24, 2.45) is 10.4 Å². The smallest absolute Gasteiger partial charge is 0.231 e. The predicted molar refractivity (Wildman–Crippen MR) is 125 cm³/mol. The fourth-order valence-corrected chi connectivity index (χ4v) is 3.96. The molecule has 1 fully saturated rings. The zero-order chi connectivity index (χ0) is 20.0. The van der Waals surface area contributed by atoms with E-state index < -0.39 is 0 Å². The molecule has 1 aromatic rings. The number of fused-ring (bicyclic) bond motifs is 1. The molecule has 0 aromatic heterocycles. The molecule has 1 heterocycles. The summed E-state index contributed by atoms with van der Waals surface area (Å²) in [7, 11) is 3.67. The van der Waals surface area contributed by atoms with Crippen LogP contribution < -0.4 is 20.1 Å². The number of nitrogens with zero attached hydrogens (tertiary/aromatic N) is 2. The molecule has 1 aliphatic carbocycles. The second-order valence-electron chi connectivity index (χ2n) is 7.75. The van der Waals surface area contributed by atoms with Crippen LogP contribution in [0.4, 0.5) is 0 Å². The van der Waals surface area contributed by atoms with Crippen LogP contribution >= 0.6 is 24.0 Å². The van der Waals surface area contributed by atoms with Crippen LogP contribution in [0.5, 0.6) is 11.5 Å². The second kappa shape index (κ2) is 10.9. The van der Waals surface area contributed by atoms with Crippen LogP contribution in [-0.4, -0.2) is 57.3 Å². The first-order valence-electron chi connectivity index (χ1n) is 10.2. The molecule has 2 aliphatic rings. The van der Waals surface area contributed by atoms with Crippen molar-refractivity contribution in [3.8, 4) is 11.5 Å². The standard InChI is InChI=1S/C21H32N4O3.HI/c1-4-22-20(24-14-21(10-5-6-11-21)19(26)25(2)3)23-12-9-16-7-8-17-18(13-16)28-15-27-17;/h7-8,13H,4-6,9-12,14-15H2,1-3H3,(H2,22,23,24);1H. The SMILES string of the molecule is CCNC(=NCC1(C(=O)N(C)C)CCCC1)NCCc1ccc2c(c1)OCO2.I. The molecular formula is C21H33IN4O3. The Bertz CT molecular complexity index is 718. The maximum Gasteiger partial charge on any atom is 0.231 e. The summed E-state index contributed by atoms with van der Waals surface area (Å²) in [6.07, 6.45) is 4.89. The summed E-state index contributed by atoms with van der Waals surface area (Å²) in [4.78, 5) is 19.2. The highest BCUT2D eigenvalue weighted by Gasteiger charge is 2.42. The number of aliphatic imine (C=N–C) groups is 1. The number of nitrogens with one attached hydrogen (secondary N) is 2. The summed E-state index contributed by atoms with van der Waals surface area (Å²) in [5.74, 6) is 2.58. The van der Waals surface area contributed by atoms with Gasteiger partial charge in [0.05, 0.1) is 12.0 Å². The van der Waals surface area contributed by atoms with Crippen molar-refractivity contribution in [1.82, 2.24) is 15.5 Å². The van der Waals surface area contributed by atoms with Crippen LogP contribution in [0.25, 0.3) is 0 Å². The van der Waals surface area contributed by atoms with E-state index in [-0.39, 0.29) is 35.3 Å². The molecule has 2 N–H and O–H groups in total. The van der Waals surface area contributed by atoms with Gasteiger partial charge in [0.15, 0.2) is 17.5 Å². The lowest BCUT2D eigenvalue weighted by atomic mass is 9.85. The molecule has 0 bridgehead atoms. The minimum absolute atomic E-state index is 0. The molecule has 1 aromatic carbocycles. The number of carbonyl (C=O) groups is 1. The summed E-state index contributed by atoms with van der Waals surface area (Å²) in [5.41, 5.74) is 0.839. The molecule has 0 atom stereocenters. The molecular weight excluding hydrogens is 483 g/mol. The molecule has 1 saturated carbocycles. The number of rotatable bonds is 7. The summed E-state index contributed by atoms with van der Waals surface area (Å²) >= 11 is 0. The topological polar surface area (TPSA) is 75.2 Å². The van der Waals surface area contributed by atoms with Gasteiger partial charge in [-0.3, -0.25) is 9.79 Å². The van der Waals surface area contributed by atoms with Gasteiger partial charge in [-0.1, -0.05) is 18.9 Å². The Balaban J connectivity index is 0.00000300. The summed E-state index contributed by atoms with van der Waals surface area (Å²) in [5, 5.41) is 6.68. The van der Waals surface area contributed by atoms with Gasteiger partial charge in [0.1, 0.15) is 0 Å². The minimum Gasteiger partial charge on any atom is -0.454 e.